The Labute approximate surface area is 161 Å². The maximum Gasteiger partial charge on any atom is 0.191 e. The average Bonchev–Trinajstić information content (AvgIpc) is 2.72. The van der Waals surface area contributed by atoms with Crippen molar-refractivity contribution in [2.45, 2.75) is 32.0 Å². The summed E-state index contributed by atoms with van der Waals surface area (Å²) in [5.41, 5.74) is 1.58. The minimum Gasteiger partial charge on any atom is -0.497 e. The van der Waals surface area contributed by atoms with E-state index in [0.717, 1.165) is 24.3 Å². The molecular formula is C22H29NO4. The summed E-state index contributed by atoms with van der Waals surface area (Å²) < 4.78 is 11.0. The van der Waals surface area contributed by atoms with Crippen molar-refractivity contribution in [3.05, 3.63) is 65.7 Å². The summed E-state index contributed by atoms with van der Waals surface area (Å²) in [5, 5.41) is 13.2. The lowest BCUT2D eigenvalue weighted by molar-refractivity contribution is -0.00162. The Bertz CT molecular complexity index is 672. The molecule has 0 aliphatic rings. The number of rotatable bonds is 12. The molecule has 2 aromatic rings. The number of benzene rings is 2. The molecular weight excluding hydrogens is 342 g/mol. The molecule has 0 saturated carbocycles. The topological polar surface area (TPSA) is 67.8 Å². The van der Waals surface area contributed by atoms with E-state index in [1.165, 1.54) is 0 Å². The molecule has 0 fully saturated rings. The minimum absolute atomic E-state index is 0.0832. The van der Waals surface area contributed by atoms with Crippen LogP contribution < -0.4 is 10.1 Å². The third-order valence-electron chi connectivity index (χ3n) is 4.23. The molecule has 0 saturated heterocycles. The van der Waals surface area contributed by atoms with Crippen LogP contribution >= 0.6 is 0 Å². The molecule has 146 valence electrons. The van der Waals surface area contributed by atoms with Gasteiger partial charge in [0.25, 0.3) is 0 Å². The van der Waals surface area contributed by atoms with E-state index in [4.69, 9.17) is 9.47 Å². The first-order chi connectivity index (χ1) is 13.1. The Balaban J connectivity index is 2.04. The molecule has 0 aromatic heterocycles. The molecule has 2 unspecified atom stereocenters. The Morgan fingerprint density at radius 2 is 1.81 bits per heavy atom. The molecule has 0 radical (unpaired) electrons. The van der Waals surface area contributed by atoms with Gasteiger partial charge in [0.1, 0.15) is 11.9 Å². The van der Waals surface area contributed by atoms with Gasteiger partial charge in [0.2, 0.25) is 0 Å². The van der Waals surface area contributed by atoms with Crippen LogP contribution in [0, 0.1) is 0 Å². The smallest absolute Gasteiger partial charge is 0.191 e. The fraction of sp³-hybridized carbons (Fsp3) is 0.409. The largest absolute Gasteiger partial charge is 0.497 e. The number of aliphatic hydroxyl groups is 1. The highest BCUT2D eigenvalue weighted by molar-refractivity contribution is 5.99. The lowest BCUT2D eigenvalue weighted by atomic mass is 9.99. The van der Waals surface area contributed by atoms with Gasteiger partial charge in [-0.1, -0.05) is 49.4 Å². The normalized spacial score (nSPS) is 13.1. The third kappa shape index (κ3) is 7.13. The van der Waals surface area contributed by atoms with E-state index in [1.807, 2.05) is 42.5 Å². The van der Waals surface area contributed by atoms with Crippen molar-refractivity contribution >= 4 is 5.78 Å². The second kappa shape index (κ2) is 11.5. The highest BCUT2D eigenvalue weighted by Crippen LogP contribution is 2.16. The first kappa shape index (κ1) is 21.1. The van der Waals surface area contributed by atoms with Gasteiger partial charge in [-0.15, -0.1) is 0 Å². The van der Waals surface area contributed by atoms with Crippen LogP contribution in [-0.4, -0.2) is 49.9 Å². The van der Waals surface area contributed by atoms with Gasteiger partial charge in [0.15, 0.2) is 5.78 Å². The SMILES string of the molecule is CCCNCC(O)COC(Cc1ccc(OC)cc1)C(=O)c1ccccc1. The van der Waals surface area contributed by atoms with E-state index < -0.39 is 12.2 Å². The molecule has 2 aromatic carbocycles. The second-order valence-corrected chi connectivity index (χ2v) is 6.46. The first-order valence-corrected chi connectivity index (χ1v) is 9.36. The van der Waals surface area contributed by atoms with E-state index >= 15 is 0 Å². The lowest BCUT2D eigenvalue weighted by Crippen LogP contribution is -2.35. The quantitative estimate of drug-likeness (QED) is 0.444. The number of hydrogen-bond donors (Lipinski definition) is 2. The summed E-state index contributed by atoms with van der Waals surface area (Å²) in [6, 6.07) is 16.7. The predicted octanol–water partition coefficient (Wildman–Crippen LogP) is 2.87. The van der Waals surface area contributed by atoms with Crippen molar-refractivity contribution in [1.29, 1.82) is 0 Å². The maximum absolute atomic E-state index is 12.9. The highest BCUT2D eigenvalue weighted by atomic mass is 16.5. The van der Waals surface area contributed by atoms with Crippen molar-refractivity contribution in [3.8, 4) is 5.75 Å². The van der Waals surface area contributed by atoms with Gasteiger partial charge in [-0.25, -0.2) is 0 Å². The van der Waals surface area contributed by atoms with Crippen molar-refractivity contribution in [2.24, 2.45) is 0 Å². The highest BCUT2D eigenvalue weighted by Gasteiger charge is 2.22. The van der Waals surface area contributed by atoms with E-state index in [9.17, 15) is 9.90 Å². The molecule has 0 heterocycles. The average molecular weight is 371 g/mol. The molecule has 2 rings (SSSR count). The fourth-order valence-electron chi connectivity index (χ4n) is 2.72. The van der Waals surface area contributed by atoms with Gasteiger partial charge in [-0.2, -0.15) is 0 Å². The van der Waals surface area contributed by atoms with Crippen LogP contribution in [0.5, 0.6) is 5.75 Å². The Morgan fingerprint density at radius 1 is 1.11 bits per heavy atom. The van der Waals surface area contributed by atoms with Crippen molar-refractivity contribution in [3.63, 3.8) is 0 Å². The van der Waals surface area contributed by atoms with Gasteiger partial charge in [-0.05, 0) is 30.7 Å². The molecule has 2 N–H and O–H groups in total. The van der Waals surface area contributed by atoms with Gasteiger partial charge < -0.3 is 19.9 Å². The summed E-state index contributed by atoms with van der Waals surface area (Å²) >= 11 is 0. The molecule has 0 aliphatic heterocycles. The molecule has 27 heavy (non-hydrogen) atoms. The lowest BCUT2D eigenvalue weighted by Gasteiger charge is -2.20. The number of ketones is 1. The molecule has 0 amide bonds. The van der Waals surface area contributed by atoms with Gasteiger partial charge in [-0.3, -0.25) is 4.79 Å². The Hall–Kier alpha value is -2.21. The molecule has 5 heteroatoms. The molecule has 2 atom stereocenters. The van der Waals surface area contributed by atoms with Crippen LogP contribution in [0.15, 0.2) is 54.6 Å². The number of carbonyl (C=O) groups excluding carboxylic acids is 1. The zero-order chi connectivity index (χ0) is 19.5. The molecule has 0 aliphatic carbocycles. The van der Waals surface area contributed by atoms with Gasteiger partial charge in [0.05, 0.1) is 19.8 Å². The van der Waals surface area contributed by atoms with Crippen LogP contribution in [0.3, 0.4) is 0 Å². The fourth-order valence-corrected chi connectivity index (χ4v) is 2.72. The Kier molecular flexibility index (Phi) is 8.98. The zero-order valence-corrected chi connectivity index (χ0v) is 16.1. The number of hydrogen-bond acceptors (Lipinski definition) is 5. The Morgan fingerprint density at radius 3 is 2.44 bits per heavy atom. The molecule has 5 nitrogen and oxygen atoms in total. The summed E-state index contributed by atoms with van der Waals surface area (Å²) in [7, 11) is 1.62. The monoisotopic (exact) mass is 371 g/mol. The first-order valence-electron chi connectivity index (χ1n) is 9.36. The number of aliphatic hydroxyl groups excluding tert-OH is 1. The van der Waals surface area contributed by atoms with E-state index in [-0.39, 0.29) is 12.4 Å². The van der Waals surface area contributed by atoms with Crippen molar-refractivity contribution in [1.82, 2.24) is 5.32 Å². The van der Waals surface area contributed by atoms with E-state index in [2.05, 4.69) is 12.2 Å². The van der Waals surface area contributed by atoms with Crippen LogP contribution in [0.25, 0.3) is 0 Å². The van der Waals surface area contributed by atoms with Crippen LogP contribution in [0.2, 0.25) is 0 Å². The van der Waals surface area contributed by atoms with Crippen molar-refractivity contribution < 1.29 is 19.4 Å². The van der Waals surface area contributed by atoms with E-state index in [1.54, 1.807) is 19.2 Å². The molecule has 0 bridgehead atoms. The van der Waals surface area contributed by atoms with Crippen LogP contribution in [-0.2, 0) is 11.2 Å². The van der Waals surface area contributed by atoms with Crippen LogP contribution in [0.4, 0.5) is 0 Å². The third-order valence-corrected chi connectivity index (χ3v) is 4.23. The number of Topliss-reactive ketones (excluding diaryl/α,β-unsaturated/α-hetero) is 1. The predicted molar refractivity (Wildman–Crippen MR) is 106 cm³/mol. The van der Waals surface area contributed by atoms with Crippen LogP contribution in [0.1, 0.15) is 29.3 Å². The second-order valence-electron chi connectivity index (χ2n) is 6.46. The number of methoxy groups -OCH3 is 1. The summed E-state index contributed by atoms with van der Waals surface area (Å²) in [5.74, 6) is 0.683. The summed E-state index contributed by atoms with van der Waals surface area (Å²) in [6.07, 6.45) is 0.132. The zero-order valence-electron chi connectivity index (χ0n) is 16.1. The molecule has 0 spiro atoms. The van der Waals surface area contributed by atoms with E-state index in [0.29, 0.717) is 18.5 Å². The van der Waals surface area contributed by atoms with Gasteiger partial charge >= 0.3 is 0 Å². The summed E-state index contributed by atoms with van der Waals surface area (Å²) in [4.78, 5) is 12.9. The number of nitrogens with one attached hydrogen (secondary N) is 1. The summed E-state index contributed by atoms with van der Waals surface area (Å²) in [6.45, 7) is 3.47. The maximum atomic E-state index is 12.9. The number of carbonyl (C=O) groups is 1. The van der Waals surface area contributed by atoms with Gasteiger partial charge in [0, 0.05) is 18.5 Å². The number of ether oxygens (including phenoxy) is 2. The standard InChI is InChI=1S/C22H29NO4/c1-3-13-23-15-19(24)16-27-21(22(25)18-7-5-4-6-8-18)14-17-9-11-20(26-2)12-10-17/h4-12,19,21,23-24H,3,13-16H2,1-2H3. The van der Waals surface area contributed by atoms with Crippen molar-refractivity contribution in [2.75, 3.05) is 26.8 Å². The minimum atomic E-state index is -0.654.